The van der Waals surface area contributed by atoms with Gasteiger partial charge in [0.2, 0.25) is 6.79 Å². The van der Waals surface area contributed by atoms with Crippen molar-refractivity contribution < 1.29 is 24.1 Å². The van der Waals surface area contributed by atoms with Crippen LogP contribution in [0.1, 0.15) is 38.2 Å². The molecule has 3 unspecified atom stereocenters. The Morgan fingerprint density at radius 1 is 1.46 bits per heavy atom. The van der Waals surface area contributed by atoms with Crippen molar-refractivity contribution in [3.05, 3.63) is 29.8 Å². The van der Waals surface area contributed by atoms with Crippen molar-refractivity contribution in [1.82, 2.24) is 0 Å². The van der Waals surface area contributed by atoms with Gasteiger partial charge in [0.25, 0.3) is 0 Å². The van der Waals surface area contributed by atoms with Gasteiger partial charge in [0, 0.05) is 37.7 Å². The Morgan fingerprint density at radius 2 is 2.31 bits per heavy atom. The fourth-order valence-corrected chi connectivity index (χ4v) is 4.27. The van der Waals surface area contributed by atoms with Gasteiger partial charge < -0.3 is 24.2 Å². The zero-order valence-corrected chi connectivity index (χ0v) is 15.2. The van der Waals surface area contributed by atoms with Crippen LogP contribution in [0.2, 0.25) is 0 Å². The first-order chi connectivity index (χ1) is 12.5. The molecule has 0 saturated heterocycles. The van der Waals surface area contributed by atoms with Gasteiger partial charge in [-0.3, -0.25) is 4.79 Å². The van der Waals surface area contributed by atoms with Crippen molar-refractivity contribution >= 4 is 11.7 Å². The summed E-state index contributed by atoms with van der Waals surface area (Å²) in [6, 6.07) is 3.91. The number of esters is 1. The smallest absolute Gasteiger partial charge is 0.308 e. The summed E-state index contributed by atoms with van der Waals surface area (Å²) in [7, 11) is 2.07. The molecule has 1 aliphatic carbocycles. The lowest BCUT2D eigenvalue weighted by molar-refractivity contribution is -0.150. The van der Waals surface area contributed by atoms with Crippen molar-refractivity contribution in [3.63, 3.8) is 0 Å². The van der Waals surface area contributed by atoms with Gasteiger partial charge in [-0.25, -0.2) is 0 Å². The summed E-state index contributed by atoms with van der Waals surface area (Å²) < 4.78 is 17.1. The topological polar surface area (TPSA) is 68.2 Å². The number of hydrogen-bond donors (Lipinski definition) is 1. The third-order valence-corrected chi connectivity index (χ3v) is 5.63. The third-order valence-electron chi connectivity index (χ3n) is 5.63. The number of ether oxygens (including phenoxy) is 3. The zero-order chi connectivity index (χ0) is 18.3. The summed E-state index contributed by atoms with van der Waals surface area (Å²) in [5.74, 6) is 1.03. The van der Waals surface area contributed by atoms with Crippen LogP contribution in [-0.4, -0.2) is 43.7 Å². The molecule has 0 amide bonds. The molecule has 0 fully saturated rings. The van der Waals surface area contributed by atoms with Gasteiger partial charge in [-0.15, -0.1) is 0 Å². The molecule has 3 aliphatic rings. The molecule has 0 radical (unpaired) electrons. The van der Waals surface area contributed by atoms with Crippen molar-refractivity contribution in [2.24, 2.45) is 0 Å². The van der Waals surface area contributed by atoms with Gasteiger partial charge >= 0.3 is 5.97 Å². The lowest BCUT2D eigenvalue weighted by Gasteiger charge is -2.42. The number of anilines is 1. The fraction of sp³-hybridized carbons (Fsp3) is 0.550. The minimum atomic E-state index is -0.484. The predicted molar refractivity (Wildman–Crippen MR) is 96.7 cm³/mol. The fourth-order valence-electron chi connectivity index (χ4n) is 4.27. The van der Waals surface area contributed by atoms with E-state index in [-0.39, 0.29) is 24.3 Å². The first-order valence-electron chi connectivity index (χ1n) is 9.26. The molecule has 140 valence electrons. The van der Waals surface area contributed by atoms with Crippen LogP contribution in [0.15, 0.2) is 24.3 Å². The van der Waals surface area contributed by atoms with E-state index in [9.17, 15) is 9.90 Å². The Kier molecular flexibility index (Phi) is 4.31. The van der Waals surface area contributed by atoms with Crippen molar-refractivity contribution in [2.45, 2.75) is 50.2 Å². The van der Waals surface area contributed by atoms with E-state index in [1.54, 1.807) is 0 Å². The molecule has 1 aromatic carbocycles. The third kappa shape index (κ3) is 2.63. The number of aliphatic hydroxyl groups excluding tert-OH is 1. The molecule has 0 bridgehead atoms. The molecular weight excluding hydrogens is 334 g/mol. The molecule has 2 heterocycles. The summed E-state index contributed by atoms with van der Waals surface area (Å²) >= 11 is 0. The van der Waals surface area contributed by atoms with Gasteiger partial charge in [0.1, 0.15) is 6.10 Å². The molecule has 4 rings (SSSR count). The second-order valence-corrected chi connectivity index (χ2v) is 7.30. The van der Waals surface area contributed by atoms with E-state index in [1.165, 1.54) is 0 Å². The minimum absolute atomic E-state index is 0.0997. The number of hydrogen-bond acceptors (Lipinski definition) is 6. The number of aliphatic hydroxyl groups is 1. The molecule has 0 saturated carbocycles. The van der Waals surface area contributed by atoms with E-state index in [2.05, 4.69) is 18.0 Å². The normalized spacial score (nSPS) is 28.2. The molecule has 6 heteroatoms. The van der Waals surface area contributed by atoms with Crippen molar-refractivity contribution in [3.8, 4) is 11.5 Å². The highest BCUT2D eigenvalue weighted by molar-refractivity contribution is 5.72. The monoisotopic (exact) mass is 359 g/mol. The summed E-state index contributed by atoms with van der Waals surface area (Å²) in [6.45, 7) is 2.74. The van der Waals surface area contributed by atoms with E-state index in [0.29, 0.717) is 24.3 Å². The van der Waals surface area contributed by atoms with E-state index >= 15 is 0 Å². The lowest BCUT2D eigenvalue weighted by atomic mass is 9.67. The molecule has 6 nitrogen and oxygen atoms in total. The van der Waals surface area contributed by atoms with Crippen molar-refractivity contribution in [2.75, 3.05) is 25.3 Å². The highest BCUT2D eigenvalue weighted by Gasteiger charge is 2.53. The second kappa shape index (κ2) is 6.50. The quantitative estimate of drug-likeness (QED) is 0.495. The Labute approximate surface area is 153 Å². The van der Waals surface area contributed by atoms with E-state index < -0.39 is 6.10 Å². The van der Waals surface area contributed by atoms with Crippen LogP contribution in [0, 0.1) is 0 Å². The number of nitrogens with zero attached hydrogens (tertiary/aromatic N) is 1. The molecule has 1 aromatic rings. The standard InChI is InChI=1S/C20H25NO5/c1-3-4-17(23)25-12-24-15-6-5-14-18-19(15)26-16-11-13(22)7-8-20(16,18)9-10-21(14)2/h5-8,13,16,22H,3-4,9-12H2,1-2H3. The maximum absolute atomic E-state index is 11.5. The van der Waals surface area contributed by atoms with Crippen LogP contribution in [0.5, 0.6) is 11.5 Å². The Morgan fingerprint density at radius 3 is 3.12 bits per heavy atom. The lowest BCUT2D eigenvalue weighted by Crippen LogP contribution is -2.46. The van der Waals surface area contributed by atoms with Gasteiger partial charge in [0.05, 0.1) is 11.5 Å². The zero-order valence-electron chi connectivity index (χ0n) is 15.2. The Balaban J connectivity index is 1.64. The summed E-state index contributed by atoms with van der Waals surface area (Å²) in [6.07, 6.45) is 6.04. The van der Waals surface area contributed by atoms with Gasteiger partial charge in [-0.05, 0) is 25.0 Å². The largest absolute Gasteiger partial charge is 0.485 e. The minimum Gasteiger partial charge on any atom is -0.485 e. The Bertz CT molecular complexity index is 746. The van der Waals surface area contributed by atoms with E-state index in [4.69, 9.17) is 14.2 Å². The number of carbonyl (C=O) groups is 1. The van der Waals surface area contributed by atoms with E-state index in [0.717, 1.165) is 30.6 Å². The first kappa shape index (κ1) is 17.2. The predicted octanol–water partition coefficient (Wildman–Crippen LogP) is 2.53. The molecule has 26 heavy (non-hydrogen) atoms. The highest BCUT2D eigenvalue weighted by atomic mass is 16.7. The maximum Gasteiger partial charge on any atom is 0.308 e. The number of carbonyl (C=O) groups excluding carboxylic acids is 1. The molecule has 0 aromatic heterocycles. The SMILES string of the molecule is CCCC(=O)OCOc1ccc2c3c1OC1CC(O)C=CC31CCN2C. The summed E-state index contributed by atoms with van der Waals surface area (Å²) in [5.41, 5.74) is 2.04. The van der Waals surface area contributed by atoms with Crippen LogP contribution in [0.25, 0.3) is 0 Å². The van der Waals surface area contributed by atoms with Gasteiger partial charge in [0.15, 0.2) is 11.5 Å². The van der Waals surface area contributed by atoms with Gasteiger partial charge in [-0.2, -0.15) is 0 Å². The molecule has 1 N–H and O–H groups in total. The molecule has 1 spiro atoms. The van der Waals surface area contributed by atoms with Crippen LogP contribution < -0.4 is 14.4 Å². The van der Waals surface area contributed by atoms with Crippen LogP contribution in [0.3, 0.4) is 0 Å². The number of benzene rings is 1. The van der Waals surface area contributed by atoms with Crippen LogP contribution in [-0.2, 0) is 14.9 Å². The van der Waals surface area contributed by atoms with E-state index in [1.807, 2.05) is 25.1 Å². The second-order valence-electron chi connectivity index (χ2n) is 7.30. The molecule has 2 aliphatic heterocycles. The average Bonchev–Trinajstić information content (AvgIpc) is 2.95. The summed E-state index contributed by atoms with van der Waals surface area (Å²) in [4.78, 5) is 13.8. The average molecular weight is 359 g/mol. The van der Waals surface area contributed by atoms with Gasteiger partial charge in [-0.1, -0.05) is 19.1 Å². The van der Waals surface area contributed by atoms with Crippen LogP contribution >= 0.6 is 0 Å². The highest BCUT2D eigenvalue weighted by Crippen LogP contribution is 2.58. The van der Waals surface area contributed by atoms with Crippen LogP contribution in [0.4, 0.5) is 5.69 Å². The Hall–Kier alpha value is -2.21. The van der Waals surface area contributed by atoms with Crippen molar-refractivity contribution in [1.29, 1.82) is 0 Å². The molecular formula is C20H25NO5. The first-order valence-corrected chi connectivity index (χ1v) is 9.26. The summed E-state index contributed by atoms with van der Waals surface area (Å²) in [5, 5.41) is 10.0. The number of rotatable bonds is 5. The molecule has 3 atom stereocenters. The maximum atomic E-state index is 11.5.